The third-order valence-corrected chi connectivity index (χ3v) is 3.96. The fourth-order valence-electron chi connectivity index (χ4n) is 2.15. The van der Waals surface area contributed by atoms with Gasteiger partial charge in [0.1, 0.15) is 17.2 Å². The summed E-state index contributed by atoms with van der Waals surface area (Å²) in [6, 6.07) is 13.7. The molecule has 2 N–H and O–H groups in total. The van der Waals surface area contributed by atoms with Crippen molar-refractivity contribution in [2.75, 3.05) is 0 Å². The highest BCUT2D eigenvalue weighted by atomic mass is 79.9. The topological polar surface area (TPSA) is 84.5 Å². The molecule has 2 amide bonds. The second-order valence-electron chi connectivity index (χ2n) is 5.30. The zero-order valence-corrected chi connectivity index (χ0v) is 15.2. The average Bonchev–Trinajstić information content (AvgIpc) is 3.33. The third-order valence-electron chi connectivity index (χ3n) is 3.43. The molecule has 0 aliphatic rings. The van der Waals surface area contributed by atoms with E-state index in [0.29, 0.717) is 17.1 Å². The van der Waals surface area contributed by atoms with Crippen LogP contribution in [0.3, 0.4) is 0 Å². The fraction of sp³-hybridized carbons (Fsp3) is 0.0526. The maximum Gasteiger partial charge on any atom is 0.268 e. The molecule has 6 nitrogen and oxygen atoms in total. The van der Waals surface area contributed by atoms with Gasteiger partial charge in [-0.15, -0.1) is 0 Å². The van der Waals surface area contributed by atoms with E-state index < -0.39 is 11.8 Å². The minimum absolute atomic E-state index is 0.0689. The lowest BCUT2D eigenvalue weighted by molar-refractivity contribution is -0.118. The van der Waals surface area contributed by atoms with Crippen molar-refractivity contribution >= 4 is 33.8 Å². The van der Waals surface area contributed by atoms with E-state index in [4.69, 9.17) is 8.83 Å². The molecule has 0 bridgehead atoms. The molecule has 0 unspecified atom stereocenters. The molecule has 0 atom stereocenters. The van der Waals surface area contributed by atoms with E-state index in [1.54, 1.807) is 48.5 Å². The lowest BCUT2D eigenvalue weighted by Crippen LogP contribution is -2.34. The molecule has 1 aromatic carbocycles. The van der Waals surface area contributed by atoms with Gasteiger partial charge in [0.15, 0.2) is 0 Å². The van der Waals surface area contributed by atoms with Crippen LogP contribution in [0.15, 0.2) is 80.1 Å². The molecular formula is C19H15BrN2O4. The van der Waals surface area contributed by atoms with Gasteiger partial charge in [-0.1, -0.05) is 15.9 Å². The van der Waals surface area contributed by atoms with Crippen molar-refractivity contribution in [3.8, 4) is 0 Å². The highest BCUT2D eigenvalue weighted by molar-refractivity contribution is 9.10. The predicted molar refractivity (Wildman–Crippen MR) is 98.8 cm³/mol. The Morgan fingerprint density at radius 3 is 2.38 bits per heavy atom. The molecule has 2 heterocycles. The maximum absolute atomic E-state index is 12.5. The van der Waals surface area contributed by atoms with Crippen LogP contribution in [-0.2, 0) is 11.3 Å². The summed E-state index contributed by atoms with van der Waals surface area (Å²) in [6.45, 7) is 0.204. The molecule has 0 aliphatic carbocycles. The molecule has 0 spiro atoms. The van der Waals surface area contributed by atoms with Gasteiger partial charge >= 0.3 is 0 Å². The number of nitrogens with one attached hydrogen (secondary N) is 2. The minimum atomic E-state index is -0.455. The van der Waals surface area contributed by atoms with Gasteiger partial charge in [-0.3, -0.25) is 9.59 Å². The first-order chi connectivity index (χ1) is 12.6. The van der Waals surface area contributed by atoms with Crippen LogP contribution in [0.5, 0.6) is 0 Å². The third kappa shape index (κ3) is 4.73. The van der Waals surface area contributed by atoms with Crippen LogP contribution in [0.4, 0.5) is 0 Å². The Morgan fingerprint density at radius 1 is 1.00 bits per heavy atom. The van der Waals surface area contributed by atoms with Gasteiger partial charge in [0.25, 0.3) is 11.8 Å². The summed E-state index contributed by atoms with van der Waals surface area (Å²) in [5.74, 6) is 0.200. The molecule has 0 aliphatic heterocycles. The van der Waals surface area contributed by atoms with Crippen molar-refractivity contribution in [3.05, 3.63) is 88.3 Å². The SMILES string of the molecule is O=C(NCc1ccco1)/C(=C\c1ccco1)NC(=O)c1ccc(Br)cc1. The summed E-state index contributed by atoms with van der Waals surface area (Å²) in [5.41, 5.74) is 0.497. The van der Waals surface area contributed by atoms with Crippen molar-refractivity contribution in [2.45, 2.75) is 6.54 Å². The summed E-state index contributed by atoms with van der Waals surface area (Å²) in [6.07, 6.45) is 4.48. The largest absolute Gasteiger partial charge is 0.467 e. The van der Waals surface area contributed by atoms with Crippen LogP contribution < -0.4 is 10.6 Å². The molecule has 0 saturated heterocycles. The number of halogens is 1. The van der Waals surface area contributed by atoms with Crippen LogP contribution in [0.2, 0.25) is 0 Å². The minimum Gasteiger partial charge on any atom is -0.467 e. The molecule has 7 heteroatoms. The predicted octanol–water partition coefficient (Wildman–Crippen LogP) is 3.72. The molecule has 0 fully saturated rings. The summed E-state index contributed by atoms with van der Waals surface area (Å²) in [7, 11) is 0. The monoisotopic (exact) mass is 414 g/mol. The van der Waals surface area contributed by atoms with Crippen LogP contribution in [0.25, 0.3) is 6.08 Å². The standard InChI is InChI=1S/C19H15BrN2O4/c20-14-7-5-13(6-8-14)18(23)22-17(11-15-3-1-9-25-15)19(24)21-12-16-4-2-10-26-16/h1-11H,12H2,(H,21,24)(H,22,23)/b17-11+. The van der Waals surface area contributed by atoms with E-state index in [9.17, 15) is 9.59 Å². The van der Waals surface area contributed by atoms with Crippen LogP contribution in [0.1, 0.15) is 21.9 Å². The number of carbonyl (C=O) groups excluding carboxylic acids is 2. The molecular weight excluding hydrogens is 400 g/mol. The Bertz CT molecular complexity index is 898. The first-order valence-electron chi connectivity index (χ1n) is 7.74. The molecule has 0 saturated carbocycles. The van der Waals surface area contributed by atoms with Gasteiger partial charge in [0, 0.05) is 16.1 Å². The zero-order chi connectivity index (χ0) is 18.4. The fourth-order valence-corrected chi connectivity index (χ4v) is 2.41. The molecule has 3 aromatic rings. The van der Waals surface area contributed by atoms with Crippen molar-refractivity contribution < 1.29 is 18.4 Å². The summed E-state index contributed by atoms with van der Waals surface area (Å²) in [5, 5.41) is 5.32. The molecule has 132 valence electrons. The van der Waals surface area contributed by atoms with E-state index in [1.165, 1.54) is 18.6 Å². The lowest BCUT2D eigenvalue weighted by atomic mass is 10.2. The van der Waals surface area contributed by atoms with E-state index in [0.717, 1.165) is 4.47 Å². The Kier molecular flexibility index (Phi) is 5.70. The Balaban J connectivity index is 1.75. The molecule has 26 heavy (non-hydrogen) atoms. The maximum atomic E-state index is 12.5. The number of amides is 2. The van der Waals surface area contributed by atoms with E-state index >= 15 is 0 Å². The summed E-state index contributed by atoms with van der Waals surface area (Å²) < 4.78 is 11.3. The second-order valence-corrected chi connectivity index (χ2v) is 6.21. The quantitative estimate of drug-likeness (QED) is 0.601. The zero-order valence-electron chi connectivity index (χ0n) is 13.6. The second kappa shape index (κ2) is 8.35. The van der Waals surface area contributed by atoms with Crippen molar-refractivity contribution in [2.24, 2.45) is 0 Å². The number of furan rings is 2. The Labute approximate surface area is 158 Å². The van der Waals surface area contributed by atoms with E-state index in [1.807, 2.05) is 0 Å². The molecule has 2 aromatic heterocycles. The summed E-state index contributed by atoms with van der Waals surface area (Å²) in [4.78, 5) is 24.9. The van der Waals surface area contributed by atoms with Crippen LogP contribution in [0, 0.1) is 0 Å². The smallest absolute Gasteiger partial charge is 0.268 e. The number of rotatable bonds is 6. The summed E-state index contributed by atoms with van der Waals surface area (Å²) >= 11 is 3.32. The van der Waals surface area contributed by atoms with Crippen molar-refractivity contribution in [1.29, 1.82) is 0 Å². The highest BCUT2D eigenvalue weighted by Crippen LogP contribution is 2.12. The van der Waals surface area contributed by atoms with Gasteiger partial charge in [0.05, 0.1) is 19.1 Å². The van der Waals surface area contributed by atoms with E-state index in [-0.39, 0.29) is 12.2 Å². The van der Waals surface area contributed by atoms with Gasteiger partial charge in [-0.25, -0.2) is 0 Å². The first kappa shape index (κ1) is 17.8. The average molecular weight is 415 g/mol. The van der Waals surface area contributed by atoms with Gasteiger partial charge in [-0.2, -0.15) is 0 Å². The molecule has 3 rings (SSSR count). The highest BCUT2D eigenvalue weighted by Gasteiger charge is 2.15. The van der Waals surface area contributed by atoms with Crippen LogP contribution >= 0.6 is 15.9 Å². The van der Waals surface area contributed by atoms with Gasteiger partial charge in [0.2, 0.25) is 0 Å². The van der Waals surface area contributed by atoms with Gasteiger partial charge in [-0.05, 0) is 48.5 Å². The lowest BCUT2D eigenvalue weighted by Gasteiger charge is -2.10. The number of hydrogen-bond acceptors (Lipinski definition) is 4. The first-order valence-corrected chi connectivity index (χ1v) is 8.54. The van der Waals surface area contributed by atoms with Gasteiger partial charge < -0.3 is 19.5 Å². The Morgan fingerprint density at radius 2 is 1.73 bits per heavy atom. The van der Waals surface area contributed by atoms with Crippen molar-refractivity contribution in [1.82, 2.24) is 10.6 Å². The number of hydrogen-bond donors (Lipinski definition) is 2. The molecule has 0 radical (unpaired) electrons. The van der Waals surface area contributed by atoms with E-state index in [2.05, 4.69) is 26.6 Å². The Hall–Kier alpha value is -3.06. The number of carbonyl (C=O) groups is 2. The number of benzene rings is 1. The van der Waals surface area contributed by atoms with Crippen LogP contribution in [-0.4, -0.2) is 11.8 Å². The normalized spacial score (nSPS) is 11.2. The van der Waals surface area contributed by atoms with Crippen molar-refractivity contribution in [3.63, 3.8) is 0 Å².